The Balaban J connectivity index is 1.69. The second kappa shape index (κ2) is 9.56. The number of benzene rings is 1. The topological polar surface area (TPSA) is 124 Å². The lowest BCUT2D eigenvalue weighted by Crippen LogP contribution is -2.38. The van der Waals surface area contributed by atoms with E-state index in [0.717, 1.165) is 38.9 Å². The average molecular weight is 403 g/mol. The number of rotatable bonds is 4. The number of piperidine rings is 1. The Morgan fingerprint density at radius 1 is 1.31 bits per heavy atom. The van der Waals surface area contributed by atoms with Crippen LogP contribution in [-0.4, -0.2) is 38.4 Å². The molecule has 2 aliphatic heterocycles. The van der Waals surface area contributed by atoms with E-state index in [4.69, 9.17) is 20.6 Å². The Kier molecular flexibility index (Phi) is 6.88. The summed E-state index contributed by atoms with van der Waals surface area (Å²) in [5.74, 6) is 0.156. The second-order valence-electron chi connectivity index (χ2n) is 7.44. The molecule has 0 spiro atoms. The summed E-state index contributed by atoms with van der Waals surface area (Å²) >= 11 is 0. The highest BCUT2D eigenvalue weighted by Crippen LogP contribution is 2.35. The van der Waals surface area contributed by atoms with Crippen molar-refractivity contribution in [3.05, 3.63) is 29.1 Å². The summed E-state index contributed by atoms with van der Waals surface area (Å²) in [6.07, 6.45) is 3.14. The Morgan fingerprint density at radius 2 is 1.97 bits per heavy atom. The molecular weight excluding hydrogens is 377 g/mol. The first kappa shape index (κ1) is 20.9. The molecule has 3 rings (SSSR count). The third-order valence-corrected chi connectivity index (χ3v) is 5.70. The fourth-order valence-corrected chi connectivity index (χ4v) is 4.19. The van der Waals surface area contributed by atoms with E-state index in [0.29, 0.717) is 24.9 Å². The molecule has 0 aromatic heterocycles. The molecule has 0 saturated carbocycles. The number of carbonyl (C=O) groups is 1. The highest BCUT2D eigenvalue weighted by molar-refractivity contribution is 5.90. The third kappa shape index (κ3) is 5.15. The monoisotopic (exact) mass is 403 g/mol. The summed E-state index contributed by atoms with van der Waals surface area (Å²) in [4.78, 5) is 13.4. The van der Waals surface area contributed by atoms with Gasteiger partial charge >= 0.3 is 6.09 Å². The molecule has 0 bridgehead atoms. The number of nitrogens with zero attached hydrogens (tertiary/aromatic N) is 2. The van der Waals surface area contributed by atoms with Gasteiger partial charge in [0.15, 0.2) is 11.8 Å². The van der Waals surface area contributed by atoms with Gasteiger partial charge in [-0.2, -0.15) is 5.26 Å². The smallest absolute Gasteiger partial charge is 0.414 e. The number of hydrogen-bond acceptors (Lipinski definition) is 6. The molecule has 9 heteroatoms. The highest BCUT2D eigenvalue weighted by Gasteiger charge is 2.30. The number of nitrogens with two attached hydrogens (primary N) is 1. The zero-order chi connectivity index (χ0) is 20.8. The summed E-state index contributed by atoms with van der Waals surface area (Å²) < 4.78 is 25.5. The van der Waals surface area contributed by atoms with Gasteiger partial charge in [0.05, 0.1) is 11.3 Å². The van der Waals surface area contributed by atoms with Crippen LogP contribution in [0.2, 0.25) is 0 Å². The normalized spacial score (nSPS) is 18.1. The molecule has 29 heavy (non-hydrogen) atoms. The van der Waals surface area contributed by atoms with Gasteiger partial charge in [0.1, 0.15) is 12.7 Å². The molecule has 2 fully saturated rings. The predicted octanol–water partition coefficient (Wildman–Crippen LogP) is 2.46. The molecular formula is C20H26FN5O3. The van der Waals surface area contributed by atoms with Crippen molar-refractivity contribution in [3.63, 3.8) is 0 Å². The zero-order valence-electron chi connectivity index (χ0n) is 16.2. The van der Waals surface area contributed by atoms with Gasteiger partial charge in [0.25, 0.3) is 0 Å². The number of anilines is 1. The van der Waals surface area contributed by atoms with Crippen molar-refractivity contribution in [1.29, 1.82) is 10.7 Å². The van der Waals surface area contributed by atoms with Crippen molar-refractivity contribution in [2.75, 3.05) is 31.2 Å². The van der Waals surface area contributed by atoms with Gasteiger partial charge in [-0.25, -0.2) is 9.18 Å². The Labute approximate surface area is 169 Å². The molecule has 0 aliphatic carbocycles. The van der Waals surface area contributed by atoms with E-state index in [2.05, 4.69) is 6.07 Å². The number of halogens is 1. The van der Waals surface area contributed by atoms with Crippen LogP contribution in [0.25, 0.3) is 0 Å². The van der Waals surface area contributed by atoms with E-state index in [1.807, 2.05) is 10.2 Å². The van der Waals surface area contributed by atoms with Crippen LogP contribution in [0.1, 0.15) is 36.8 Å². The minimum Gasteiger partial charge on any atom is -0.444 e. The van der Waals surface area contributed by atoms with E-state index in [1.54, 1.807) is 6.07 Å². The van der Waals surface area contributed by atoms with Gasteiger partial charge in [0, 0.05) is 31.9 Å². The fourth-order valence-electron chi connectivity index (χ4n) is 4.19. The largest absolute Gasteiger partial charge is 0.444 e. The highest BCUT2D eigenvalue weighted by atomic mass is 19.1. The van der Waals surface area contributed by atoms with Crippen molar-refractivity contribution in [2.24, 2.45) is 17.6 Å². The van der Waals surface area contributed by atoms with Crippen molar-refractivity contribution in [3.8, 4) is 6.07 Å². The number of nitriles is 1. The van der Waals surface area contributed by atoms with Crippen LogP contribution < -0.4 is 16.0 Å². The van der Waals surface area contributed by atoms with Gasteiger partial charge in [-0.15, -0.1) is 0 Å². The van der Waals surface area contributed by atoms with Gasteiger partial charge in [-0.05, 0) is 43.6 Å². The predicted molar refractivity (Wildman–Crippen MR) is 105 cm³/mol. The number of ether oxygens (including phenoxy) is 2. The molecule has 0 atom stereocenters. The van der Waals surface area contributed by atoms with E-state index in [-0.39, 0.29) is 23.4 Å². The molecule has 2 heterocycles. The van der Waals surface area contributed by atoms with Gasteiger partial charge in [0.2, 0.25) is 0 Å². The lowest BCUT2D eigenvalue weighted by atomic mass is 9.80. The van der Waals surface area contributed by atoms with E-state index < -0.39 is 17.9 Å². The SMILES string of the molecule is N#Cc1ccc(COC(=O)NC(=N)N)c(F)c1N1CCC(C2CCOCC2)CC1. The van der Waals surface area contributed by atoms with Crippen molar-refractivity contribution in [2.45, 2.75) is 32.3 Å². The van der Waals surface area contributed by atoms with E-state index in [9.17, 15) is 10.1 Å². The maximum Gasteiger partial charge on any atom is 0.414 e. The van der Waals surface area contributed by atoms with Crippen LogP contribution >= 0.6 is 0 Å². The van der Waals surface area contributed by atoms with Crippen LogP contribution in [0.3, 0.4) is 0 Å². The Hall–Kier alpha value is -2.86. The van der Waals surface area contributed by atoms with Gasteiger partial charge in [-0.3, -0.25) is 10.7 Å². The molecule has 1 amide bonds. The first-order valence-corrected chi connectivity index (χ1v) is 9.81. The van der Waals surface area contributed by atoms with Crippen LogP contribution in [0, 0.1) is 34.4 Å². The molecule has 0 radical (unpaired) electrons. The number of guanidine groups is 1. The number of hydrogen-bond donors (Lipinski definition) is 3. The molecule has 2 aliphatic rings. The zero-order valence-corrected chi connectivity index (χ0v) is 16.2. The number of carbonyl (C=O) groups excluding carboxylic acids is 1. The van der Waals surface area contributed by atoms with Crippen molar-refractivity contribution < 1.29 is 18.7 Å². The van der Waals surface area contributed by atoms with E-state index in [1.165, 1.54) is 6.07 Å². The minimum absolute atomic E-state index is 0.171. The van der Waals surface area contributed by atoms with Crippen LogP contribution in [-0.2, 0) is 16.1 Å². The maximum atomic E-state index is 15.2. The molecule has 1 aromatic carbocycles. The molecule has 2 saturated heterocycles. The summed E-state index contributed by atoms with van der Waals surface area (Å²) in [5.41, 5.74) is 5.77. The van der Waals surface area contributed by atoms with Gasteiger partial charge < -0.3 is 20.1 Å². The molecule has 1 aromatic rings. The summed E-state index contributed by atoms with van der Waals surface area (Å²) in [5, 5.41) is 18.4. The second-order valence-corrected chi connectivity index (χ2v) is 7.44. The van der Waals surface area contributed by atoms with Crippen LogP contribution in [0.4, 0.5) is 14.9 Å². The third-order valence-electron chi connectivity index (χ3n) is 5.70. The van der Waals surface area contributed by atoms with Crippen LogP contribution in [0.5, 0.6) is 0 Å². The lowest BCUT2D eigenvalue weighted by molar-refractivity contribution is 0.0418. The summed E-state index contributed by atoms with van der Waals surface area (Å²) in [6.45, 7) is 2.68. The molecule has 4 N–H and O–H groups in total. The Bertz CT molecular complexity index is 796. The molecule has 156 valence electrons. The van der Waals surface area contributed by atoms with Crippen molar-refractivity contribution in [1.82, 2.24) is 5.32 Å². The number of nitrogens with one attached hydrogen (secondary N) is 2. The quantitative estimate of drug-likeness (QED) is 0.524. The summed E-state index contributed by atoms with van der Waals surface area (Å²) in [7, 11) is 0. The fraction of sp³-hybridized carbons (Fsp3) is 0.550. The van der Waals surface area contributed by atoms with Crippen molar-refractivity contribution >= 4 is 17.7 Å². The van der Waals surface area contributed by atoms with Crippen LogP contribution in [0.15, 0.2) is 12.1 Å². The number of alkyl carbamates (subject to hydrolysis) is 1. The standard InChI is InChI=1S/C20H26FN5O3/c21-17-16(12-29-20(27)25-19(23)24)2-1-15(11-22)18(17)26-7-3-13(4-8-26)14-5-9-28-10-6-14/h1-2,13-14H,3-10,12H2,(H4,23,24,25,27). The molecule has 8 nitrogen and oxygen atoms in total. The number of amides is 1. The first-order valence-electron chi connectivity index (χ1n) is 9.81. The first-order chi connectivity index (χ1) is 14.0. The van der Waals surface area contributed by atoms with Gasteiger partial charge in [-0.1, -0.05) is 6.07 Å². The Morgan fingerprint density at radius 3 is 2.59 bits per heavy atom. The lowest BCUT2D eigenvalue weighted by Gasteiger charge is -2.39. The maximum absolute atomic E-state index is 15.2. The summed E-state index contributed by atoms with van der Waals surface area (Å²) in [6, 6.07) is 5.05. The average Bonchev–Trinajstić information content (AvgIpc) is 2.73. The minimum atomic E-state index is -0.930. The van der Waals surface area contributed by atoms with E-state index >= 15 is 4.39 Å². The molecule has 0 unspecified atom stereocenters.